The molecular weight excluding hydrogens is 386 g/mol. The van der Waals surface area contributed by atoms with Crippen LogP contribution in [0.4, 0.5) is 0 Å². The molecule has 0 spiro atoms. The van der Waals surface area contributed by atoms with E-state index in [9.17, 15) is 0 Å². The Balaban J connectivity index is 1.45. The van der Waals surface area contributed by atoms with Crippen molar-refractivity contribution < 1.29 is 4.74 Å². The Hall–Kier alpha value is -1.95. The number of rotatable bonds is 7. The molecule has 1 aromatic heterocycles. The van der Waals surface area contributed by atoms with Gasteiger partial charge in [-0.05, 0) is 61.3 Å². The Kier molecular flexibility index (Phi) is 6.42. The maximum Gasteiger partial charge on any atom is 0.139 e. The van der Waals surface area contributed by atoms with Crippen LogP contribution in [0, 0.1) is 0 Å². The van der Waals surface area contributed by atoms with E-state index >= 15 is 0 Å². The third-order valence-electron chi connectivity index (χ3n) is 6.25. The van der Waals surface area contributed by atoms with Crippen molar-refractivity contribution in [2.45, 2.75) is 57.7 Å². The van der Waals surface area contributed by atoms with Crippen LogP contribution in [0.1, 0.15) is 30.9 Å². The minimum Gasteiger partial charge on any atom is -0.360 e. The molecule has 2 heterocycles. The lowest BCUT2D eigenvalue weighted by molar-refractivity contribution is 0.0817. The summed E-state index contributed by atoms with van der Waals surface area (Å²) in [7, 11) is 1.19. The van der Waals surface area contributed by atoms with Crippen molar-refractivity contribution in [1.82, 2.24) is 14.7 Å². The molecule has 0 N–H and O–H groups in total. The second kappa shape index (κ2) is 9.04. The third-order valence-corrected chi connectivity index (χ3v) is 7.96. The molecule has 0 radical (unpaired) electrons. The Morgan fingerprint density at radius 3 is 2.53 bits per heavy atom. The number of hydrogen-bond donors (Lipinski definition) is 0. The van der Waals surface area contributed by atoms with Crippen LogP contribution in [0.2, 0.25) is 25.7 Å². The molecule has 1 saturated heterocycles. The van der Waals surface area contributed by atoms with E-state index in [0.29, 0.717) is 12.8 Å². The number of ether oxygens (including phenoxy) is 1. The van der Waals surface area contributed by atoms with Gasteiger partial charge in [-0.1, -0.05) is 56.4 Å². The Labute approximate surface area is 181 Å². The van der Waals surface area contributed by atoms with Crippen molar-refractivity contribution in [3.05, 3.63) is 54.2 Å². The largest absolute Gasteiger partial charge is 0.360 e. The summed E-state index contributed by atoms with van der Waals surface area (Å²) in [5.41, 5.74) is 5.07. The van der Waals surface area contributed by atoms with Crippen LogP contribution in [0.25, 0.3) is 22.0 Å². The molecule has 160 valence electrons. The van der Waals surface area contributed by atoms with E-state index in [-0.39, 0.29) is 0 Å². The molecule has 1 aliphatic heterocycles. The van der Waals surface area contributed by atoms with Gasteiger partial charge in [0.05, 0.1) is 11.7 Å². The first-order valence-electron chi connectivity index (χ1n) is 11.2. The van der Waals surface area contributed by atoms with Crippen LogP contribution in [0.15, 0.2) is 48.7 Å². The molecule has 0 saturated carbocycles. The zero-order valence-corrected chi connectivity index (χ0v) is 19.9. The van der Waals surface area contributed by atoms with Gasteiger partial charge in [0, 0.05) is 26.1 Å². The van der Waals surface area contributed by atoms with Crippen LogP contribution in [-0.2, 0) is 11.5 Å². The van der Waals surface area contributed by atoms with Crippen molar-refractivity contribution in [3.8, 4) is 11.1 Å². The second-order valence-corrected chi connectivity index (χ2v) is 15.5. The predicted octanol–water partition coefficient (Wildman–Crippen LogP) is 6.17. The fraction of sp³-hybridized carbons (Fsp3) is 0.480. The first kappa shape index (κ1) is 21.3. The number of hydrogen-bond acceptors (Lipinski definition) is 3. The van der Waals surface area contributed by atoms with E-state index in [1.165, 1.54) is 48.5 Å². The maximum atomic E-state index is 5.89. The molecule has 0 bridgehead atoms. The third kappa shape index (κ3) is 5.02. The van der Waals surface area contributed by atoms with E-state index in [1.807, 2.05) is 10.9 Å². The van der Waals surface area contributed by atoms with Crippen LogP contribution >= 0.6 is 0 Å². The highest BCUT2D eigenvalue weighted by atomic mass is 28.3. The number of nitrogens with zero attached hydrogens (tertiary/aromatic N) is 3. The van der Waals surface area contributed by atoms with E-state index in [0.717, 1.165) is 17.5 Å². The van der Waals surface area contributed by atoms with E-state index in [4.69, 9.17) is 4.74 Å². The van der Waals surface area contributed by atoms with Gasteiger partial charge in [0.25, 0.3) is 0 Å². The molecule has 30 heavy (non-hydrogen) atoms. The normalized spacial score (nSPS) is 18.2. The van der Waals surface area contributed by atoms with Crippen LogP contribution in [0.3, 0.4) is 0 Å². The summed E-state index contributed by atoms with van der Waals surface area (Å²) in [6.45, 7) is 9.67. The quantitative estimate of drug-likeness (QED) is 0.337. The molecule has 1 unspecified atom stereocenters. The molecule has 2 aromatic carbocycles. The fourth-order valence-electron chi connectivity index (χ4n) is 4.29. The fourth-order valence-corrected chi connectivity index (χ4v) is 5.05. The van der Waals surface area contributed by atoms with Gasteiger partial charge in [0.1, 0.15) is 6.73 Å². The summed E-state index contributed by atoms with van der Waals surface area (Å²) >= 11 is 0. The highest BCUT2D eigenvalue weighted by molar-refractivity contribution is 6.76. The summed E-state index contributed by atoms with van der Waals surface area (Å²) in [6.07, 6.45) is 5.87. The summed E-state index contributed by atoms with van der Waals surface area (Å²) in [5.74, 6) is 0. The van der Waals surface area contributed by atoms with Crippen LogP contribution in [-0.4, -0.2) is 43.0 Å². The molecule has 4 rings (SSSR count). The zero-order valence-electron chi connectivity index (χ0n) is 18.9. The van der Waals surface area contributed by atoms with Gasteiger partial charge in [-0.15, -0.1) is 0 Å². The monoisotopic (exact) mass is 421 g/mol. The maximum absolute atomic E-state index is 5.89. The van der Waals surface area contributed by atoms with E-state index < -0.39 is 8.07 Å². The highest BCUT2D eigenvalue weighted by Crippen LogP contribution is 2.31. The van der Waals surface area contributed by atoms with Crippen molar-refractivity contribution in [1.29, 1.82) is 0 Å². The van der Waals surface area contributed by atoms with Crippen LogP contribution in [0.5, 0.6) is 0 Å². The van der Waals surface area contributed by atoms with Gasteiger partial charge in [0.2, 0.25) is 0 Å². The van der Waals surface area contributed by atoms with Gasteiger partial charge in [-0.2, -0.15) is 5.10 Å². The SMILES string of the molecule is CN1CCCCC1c1ccc(-c2ccc3c(cnn3COCC[Si](C)(C)C)c2)cc1. The minimum absolute atomic E-state index is 0.525. The Morgan fingerprint density at radius 1 is 1.03 bits per heavy atom. The predicted molar refractivity (Wildman–Crippen MR) is 128 cm³/mol. The molecule has 4 nitrogen and oxygen atoms in total. The molecular formula is C25H35N3OSi. The summed E-state index contributed by atoms with van der Waals surface area (Å²) < 4.78 is 7.85. The molecule has 5 heteroatoms. The van der Waals surface area contributed by atoms with Crippen molar-refractivity contribution in [3.63, 3.8) is 0 Å². The minimum atomic E-state index is -1.05. The lowest BCUT2D eigenvalue weighted by Crippen LogP contribution is -2.29. The first-order chi connectivity index (χ1) is 14.4. The van der Waals surface area contributed by atoms with Crippen LogP contribution < -0.4 is 0 Å². The average molecular weight is 422 g/mol. The van der Waals surface area contributed by atoms with Crippen molar-refractivity contribution >= 4 is 19.0 Å². The number of piperidine rings is 1. The molecule has 0 aliphatic carbocycles. The molecule has 1 atom stereocenters. The van der Waals surface area contributed by atoms with Gasteiger partial charge in [-0.25, -0.2) is 4.68 Å². The summed E-state index contributed by atoms with van der Waals surface area (Å²) in [6, 6.07) is 17.5. The zero-order chi connectivity index (χ0) is 21.1. The van der Waals surface area contributed by atoms with Gasteiger partial charge < -0.3 is 4.74 Å². The van der Waals surface area contributed by atoms with Gasteiger partial charge in [0.15, 0.2) is 0 Å². The smallest absolute Gasteiger partial charge is 0.139 e. The standard InChI is InChI=1S/C25H35N3OSi/c1-27-14-6-5-7-24(27)21-10-8-20(9-11-21)22-12-13-25-23(17-22)18-26-28(25)19-29-15-16-30(2,3)4/h8-13,17-18,24H,5-7,14-16,19H2,1-4H3. The molecule has 0 amide bonds. The van der Waals surface area contributed by atoms with Crippen molar-refractivity contribution in [2.24, 2.45) is 0 Å². The van der Waals surface area contributed by atoms with Gasteiger partial charge in [-0.3, -0.25) is 4.90 Å². The van der Waals surface area contributed by atoms with Gasteiger partial charge >= 0.3 is 0 Å². The average Bonchev–Trinajstić information content (AvgIpc) is 3.13. The second-order valence-electron chi connectivity index (χ2n) is 9.88. The summed E-state index contributed by atoms with van der Waals surface area (Å²) in [5, 5.41) is 5.71. The highest BCUT2D eigenvalue weighted by Gasteiger charge is 2.20. The Morgan fingerprint density at radius 2 is 1.80 bits per heavy atom. The number of fused-ring (bicyclic) bond motifs is 1. The Bertz CT molecular complexity index is 974. The lowest BCUT2D eigenvalue weighted by Gasteiger charge is -2.32. The number of aromatic nitrogens is 2. The molecule has 1 fully saturated rings. The lowest BCUT2D eigenvalue weighted by atomic mass is 9.94. The number of benzene rings is 2. The molecule has 3 aromatic rings. The molecule has 1 aliphatic rings. The summed E-state index contributed by atoms with van der Waals surface area (Å²) in [4.78, 5) is 2.49. The number of likely N-dealkylation sites (tertiary alicyclic amines) is 1. The first-order valence-corrected chi connectivity index (χ1v) is 15.0. The van der Waals surface area contributed by atoms with E-state index in [2.05, 4.69) is 79.2 Å². The van der Waals surface area contributed by atoms with Crippen molar-refractivity contribution in [2.75, 3.05) is 20.2 Å². The topological polar surface area (TPSA) is 30.3 Å². The van der Waals surface area contributed by atoms with E-state index in [1.54, 1.807) is 0 Å².